The summed E-state index contributed by atoms with van der Waals surface area (Å²) in [4.78, 5) is 0. The Hall–Kier alpha value is -0.570. The van der Waals surface area contributed by atoms with E-state index in [9.17, 15) is 5.11 Å². The highest BCUT2D eigenvalue weighted by Gasteiger charge is 2.31. The Bertz CT molecular complexity index is 345. The Morgan fingerprint density at radius 2 is 2.00 bits per heavy atom. The second kappa shape index (κ2) is 4.74. The van der Waals surface area contributed by atoms with Crippen molar-refractivity contribution in [3.63, 3.8) is 0 Å². The molecule has 1 aromatic carbocycles. The molecule has 2 N–H and O–H groups in total. The summed E-state index contributed by atoms with van der Waals surface area (Å²) in [5.41, 5.74) is 1.16. The van der Waals surface area contributed by atoms with Gasteiger partial charge in [0.1, 0.15) is 0 Å². The maximum Gasteiger partial charge on any atom is 0.0914 e. The average molecular weight is 240 g/mol. The molecule has 0 radical (unpaired) electrons. The zero-order valence-electron chi connectivity index (χ0n) is 9.54. The molecule has 88 valence electrons. The van der Waals surface area contributed by atoms with Crippen molar-refractivity contribution in [2.75, 3.05) is 6.54 Å². The van der Waals surface area contributed by atoms with Gasteiger partial charge in [0.25, 0.3) is 0 Å². The zero-order valence-corrected chi connectivity index (χ0v) is 10.3. The molecular formula is C13H18ClNO. The number of halogens is 1. The highest BCUT2D eigenvalue weighted by Crippen LogP contribution is 2.31. The predicted octanol–water partition coefficient (Wildman–Crippen LogP) is 2.91. The van der Waals surface area contributed by atoms with Gasteiger partial charge in [0, 0.05) is 17.1 Å². The maximum absolute atomic E-state index is 9.99. The SMILES string of the molecule is CC1(NCC(O)c2ccc(Cl)cc2)CCC1. The maximum atomic E-state index is 9.99. The summed E-state index contributed by atoms with van der Waals surface area (Å²) in [6.07, 6.45) is 3.26. The molecule has 0 spiro atoms. The number of rotatable bonds is 4. The van der Waals surface area contributed by atoms with Gasteiger partial charge in [0.15, 0.2) is 0 Å². The quantitative estimate of drug-likeness (QED) is 0.847. The van der Waals surface area contributed by atoms with E-state index in [1.807, 2.05) is 24.3 Å². The van der Waals surface area contributed by atoms with Crippen LogP contribution in [0.5, 0.6) is 0 Å². The zero-order chi connectivity index (χ0) is 11.6. The molecule has 2 nitrogen and oxygen atoms in total. The Morgan fingerprint density at radius 1 is 1.38 bits per heavy atom. The van der Waals surface area contributed by atoms with Gasteiger partial charge in [-0.1, -0.05) is 23.7 Å². The van der Waals surface area contributed by atoms with E-state index >= 15 is 0 Å². The number of aliphatic hydroxyl groups excluding tert-OH is 1. The minimum absolute atomic E-state index is 0.243. The molecule has 0 aromatic heterocycles. The lowest BCUT2D eigenvalue weighted by Crippen LogP contribution is -2.49. The summed E-state index contributed by atoms with van der Waals surface area (Å²) in [7, 11) is 0. The highest BCUT2D eigenvalue weighted by atomic mass is 35.5. The third kappa shape index (κ3) is 2.76. The van der Waals surface area contributed by atoms with Gasteiger partial charge < -0.3 is 10.4 Å². The molecule has 1 aliphatic rings. The summed E-state index contributed by atoms with van der Waals surface area (Å²) in [5, 5.41) is 14.1. The van der Waals surface area contributed by atoms with Crippen LogP contribution in [0.2, 0.25) is 5.02 Å². The van der Waals surface area contributed by atoms with Crippen molar-refractivity contribution in [2.45, 2.75) is 37.8 Å². The van der Waals surface area contributed by atoms with E-state index in [0.29, 0.717) is 11.6 Å². The van der Waals surface area contributed by atoms with Crippen LogP contribution < -0.4 is 5.32 Å². The summed E-state index contributed by atoms with van der Waals surface area (Å²) in [6.45, 7) is 2.82. The number of aliphatic hydroxyl groups is 1. The number of β-amino-alcohol motifs (C(OH)–C–C–N with tert-alkyl or cyclic N) is 1. The minimum Gasteiger partial charge on any atom is -0.387 e. The second-order valence-corrected chi connectivity index (χ2v) is 5.30. The van der Waals surface area contributed by atoms with Crippen molar-refractivity contribution < 1.29 is 5.11 Å². The molecule has 0 amide bonds. The first-order chi connectivity index (χ1) is 7.59. The van der Waals surface area contributed by atoms with Gasteiger partial charge in [-0.15, -0.1) is 0 Å². The molecule has 1 saturated carbocycles. The predicted molar refractivity (Wildman–Crippen MR) is 66.7 cm³/mol. The largest absolute Gasteiger partial charge is 0.387 e. The molecule has 2 rings (SSSR count). The Kier molecular flexibility index (Phi) is 3.53. The van der Waals surface area contributed by atoms with Crippen molar-refractivity contribution in [3.8, 4) is 0 Å². The molecule has 1 atom stereocenters. The first-order valence-corrected chi connectivity index (χ1v) is 6.15. The number of nitrogens with one attached hydrogen (secondary N) is 1. The molecule has 0 bridgehead atoms. The van der Waals surface area contributed by atoms with Crippen LogP contribution >= 0.6 is 11.6 Å². The summed E-state index contributed by atoms with van der Waals surface area (Å²) < 4.78 is 0. The number of hydrogen-bond donors (Lipinski definition) is 2. The second-order valence-electron chi connectivity index (χ2n) is 4.86. The molecular weight excluding hydrogens is 222 g/mol. The Labute approximate surface area is 102 Å². The van der Waals surface area contributed by atoms with Crippen molar-refractivity contribution in [3.05, 3.63) is 34.9 Å². The first kappa shape index (κ1) is 11.9. The van der Waals surface area contributed by atoms with Gasteiger partial charge in [-0.2, -0.15) is 0 Å². The molecule has 1 fully saturated rings. The van der Waals surface area contributed by atoms with E-state index in [4.69, 9.17) is 11.6 Å². The summed E-state index contributed by atoms with van der Waals surface area (Å²) in [6, 6.07) is 7.37. The van der Waals surface area contributed by atoms with Crippen molar-refractivity contribution >= 4 is 11.6 Å². The van der Waals surface area contributed by atoms with Crippen LogP contribution in [-0.2, 0) is 0 Å². The fourth-order valence-electron chi connectivity index (χ4n) is 2.03. The fraction of sp³-hybridized carbons (Fsp3) is 0.538. The van der Waals surface area contributed by atoms with Crippen molar-refractivity contribution in [1.29, 1.82) is 0 Å². The van der Waals surface area contributed by atoms with Gasteiger partial charge >= 0.3 is 0 Å². The fourth-order valence-corrected chi connectivity index (χ4v) is 2.16. The van der Waals surface area contributed by atoms with Gasteiger partial charge in [0.2, 0.25) is 0 Å². The average Bonchev–Trinajstić information content (AvgIpc) is 2.24. The van der Waals surface area contributed by atoms with Crippen LogP contribution in [0.4, 0.5) is 0 Å². The first-order valence-electron chi connectivity index (χ1n) is 5.78. The van der Waals surface area contributed by atoms with Crippen LogP contribution in [-0.4, -0.2) is 17.2 Å². The van der Waals surface area contributed by atoms with Crippen LogP contribution in [0.1, 0.15) is 37.9 Å². The molecule has 0 saturated heterocycles. The number of benzene rings is 1. The molecule has 0 heterocycles. The normalized spacial score (nSPS) is 20.2. The minimum atomic E-state index is -0.449. The van der Waals surface area contributed by atoms with Gasteiger partial charge in [-0.25, -0.2) is 0 Å². The monoisotopic (exact) mass is 239 g/mol. The lowest BCUT2D eigenvalue weighted by molar-refractivity contribution is 0.132. The van der Waals surface area contributed by atoms with E-state index in [1.165, 1.54) is 19.3 Å². The topological polar surface area (TPSA) is 32.3 Å². The third-order valence-corrected chi connectivity index (χ3v) is 3.69. The highest BCUT2D eigenvalue weighted by molar-refractivity contribution is 6.30. The van der Waals surface area contributed by atoms with Crippen molar-refractivity contribution in [2.24, 2.45) is 0 Å². The Morgan fingerprint density at radius 3 is 2.50 bits per heavy atom. The van der Waals surface area contributed by atoms with Gasteiger partial charge in [-0.05, 0) is 43.9 Å². The third-order valence-electron chi connectivity index (χ3n) is 3.43. The molecule has 1 aliphatic carbocycles. The van der Waals surface area contributed by atoms with Crippen LogP contribution in [0.3, 0.4) is 0 Å². The number of hydrogen-bond acceptors (Lipinski definition) is 2. The van der Waals surface area contributed by atoms with Crippen LogP contribution in [0.25, 0.3) is 0 Å². The van der Waals surface area contributed by atoms with E-state index in [2.05, 4.69) is 12.2 Å². The van der Waals surface area contributed by atoms with E-state index in [1.54, 1.807) is 0 Å². The summed E-state index contributed by atoms with van der Waals surface area (Å²) in [5.74, 6) is 0. The van der Waals surface area contributed by atoms with Gasteiger partial charge in [-0.3, -0.25) is 0 Å². The van der Waals surface area contributed by atoms with Crippen molar-refractivity contribution in [1.82, 2.24) is 5.32 Å². The smallest absolute Gasteiger partial charge is 0.0914 e. The lowest BCUT2D eigenvalue weighted by atomic mass is 9.78. The van der Waals surface area contributed by atoms with E-state index in [-0.39, 0.29) is 5.54 Å². The summed E-state index contributed by atoms with van der Waals surface area (Å²) >= 11 is 5.80. The molecule has 0 aliphatic heterocycles. The van der Waals surface area contributed by atoms with Crippen LogP contribution in [0.15, 0.2) is 24.3 Å². The lowest BCUT2D eigenvalue weighted by Gasteiger charge is -2.40. The van der Waals surface area contributed by atoms with E-state index < -0.39 is 6.10 Å². The molecule has 3 heteroatoms. The molecule has 1 aromatic rings. The Balaban J connectivity index is 1.87. The van der Waals surface area contributed by atoms with Gasteiger partial charge in [0.05, 0.1) is 6.10 Å². The van der Waals surface area contributed by atoms with Crippen LogP contribution in [0, 0.1) is 0 Å². The van der Waals surface area contributed by atoms with E-state index in [0.717, 1.165) is 5.56 Å². The molecule has 1 unspecified atom stereocenters. The standard InChI is InChI=1S/C13H18ClNO/c1-13(7-2-8-13)15-9-12(16)10-3-5-11(14)6-4-10/h3-6,12,15-16H,2,7-9H2,1H3. The molecule has 16 heavy (non-hydrogen) atoms.